The molecule has 0 aliphatic rings. The van der Waals surface area contributed by atoms with E-state index in [0.29, 0.717) is 4.90 Å². The van der Waals surface area contributed by atoms with Crippen LogP contribution in [0.1, 0.15) is 25.3 Å². The van der Waals surface area contributed by atoms with E-state index < -0.39 is 9.84 Å². The molecule has 1 aromatic carbocycles. The smallest absolute Gasteiger partial charge is 0.178 e. The maximum absolute atomic E-state index is 11.5. The lowest BCUT2D eigenvalue weighted by atomic mass is 10.0. The Balaban J connectivity index is 3.00. The number of aliphatic hydroxyl groups excluding tert-OH is 1. The molecule has 0 fully saturated rings. The van der Waals surface area contributed by atoms with Crippen LogP contribution in [0.5, 0.6) is 0 Å². The molecule has 1 N–H and O–H groups in total. The zero-order chi connectivity index (χ0) is 11.5. The Morgan fingerprint density at radius 3 is 2.20 bits per heavy atom. The van der Waals surface area contributed by atoms with Gasteiger partial charge in [-0.25, -0.2) is 8.42 Å². The van der Waals surface area contributed by atoms with E-state index in [1.807, 2.05) is 6.92 Å². The summed E-state index contributed by atoms with van der Waals surface area (Å²) in [6.45, 7) is 3.59. The van der Waals surface area contributed by atoms with Crippen molar-refractivity contribution < 1.29 is 13.5 Å². The fourth-order valence-corrected chi connectivity index (χ4v) is 2.16. The molecule has 0 aromatic heterocycles. The molecule has 0 aliphatic heterocycles. The molecule has 0 unspecified atom stereocenters. The zero-order valence-corrected chi connectivity index (χ0v) is 9.79. The van der Waals surface area contributed by atoms with Crippen LogP contribution in [-0.2, 0) is 9.84 Å². The molecule has 0 bridgehead atoms. The second-order valence-electron chi connectivity index (χ2n) is 3.56. The monoisotopic (exact) mass is 228 g/mol. The molecule has 0 aliphatic carbocycles. The number of hydrogen-bond acceptors (Lipinski definition) is 3. The van der Waals surface area contributed by atoms with Crippen LogP contribution in [-0.4, -0.2) is 25.9 Å². The Kier molecular flexibility index (Phi) is 3.88. The Bertz CT molecular complexity index is 406. The van der Waals surface area contributed by atoms with E-state index in [-0.39, 0.29) is 18.3 Å². The lowest BCUT2D eigenvalue weighted by Gasteiger charge is -2.08. The first kappa shape index (κ1) is 12.2. The van der Waals surface area contributed by atoms with Gasteiger partial charge in [0.05, 0.1) is 10.6 Å². The van der Waals surface area contributed by atoms with Gasteiger partial charge >= 0.3 is 0 Å². The Morgan fingerprint density at radius 2 is 1.80 bits per heavy atom. The minimum absolute atomic E-state index is 0.0448. The first-order valence-corrected chi connectivity index (χ1v) is 6.60. The number of sulfone groups is 1. The maximum atomic E-state index is 11.5. The minimum atomic E-state index is -3.11. The van der Waals surface area contributed by atoms with Crippen molar-refractivity contribution in [1.29, 1.82) is 0 Å². The molecule has 15 heavy (non-hydrogen) atoms. The van der Waals surface area contributed by atoms with Crippen LogP contribution in [0, 0.1) is 0 Å². The molecule has 1 rings (SSSR count). The van der Waals surface area contributed by atoms with Gasteiger partial charge in [-0.1, -0.05) is 26.0 Å². The van der Waals surface area contributed by atoms with Crippen molar-refractivity contribution in [2.75, 3.05) is 12.4 Å². The van der Waals surface area contributed by atoms with Crippen molar-refractivity contribution in [1.82, 2.24) is 0 Å². The summed E-state index contributed by atoms with van der Waals surface area (Å²) < 4.78 is 23.0. The van der Waals surface area contributed by atoms with Gasteiger partial charge in [0.1, 0.15) is 0 Å². The van der Waals surface area contributed by atoms with Crippen LogP contribution in [0.25, 0.3) is 0 Å². The van der Waals surface area contributed by atoms with E-state index in [1.165, 1.54) is 0 Å². The molecular formula is C11H16O3S. The Labute approximate surface area is 90.7 Å². The highest BCUT2D eigenvalue weighted by Crippen LogP contribution is 2.18. The largest absolute Gasteiger partial charge is 0.396 e. The van der Waals surface area contributed by atoms with Gasteiger partial charge in [0, 0.05) is 12.5 Å². The fourth-order valence-electron chi connectivity index (χ4n) is 1.28. The van der Waals surface area contributed by atoms with Crippen LogP contribution in [0.3, 0.4) is 0 Å². The maximum Gasteiger partial charge on any atom is 0.178 e. The highest BCUT2D eigenvalue weighted by molar-refractivity contribution is 7.91. The summed E-state index contributed by atoms with van der Waals surface area (Å²) in [5.74, 6) is 0.158. The standard InChI is InChI=1S/C11H16O3S/c1-3-15(13,14)11-6-4-10(5-7-11)9(2)8-12/h4-7,9,12H,3,8H2,1-2H3/t9-/m0/s1. The van der Waals surface area contributed by atoms with Crippen LogP contribution >= 0.6 is 0 Å². The predicted octanol–water partition coefficient (Wildman–Crippen LogP) is 1.58. The summed E-state index contributed by atoms with van der Waals surface area (Å²) in [5.41, 5.74) is 0.951. The average Bonchev–Trinajstić information content (AvgIpc) is 2.28. The third-order valence-corrected chi connectivity index (χ3v) is 4.21. The lowest BCUT2D eigenvalue weighted by Crippen LogP contribution is -2.04. The molecule has 1 atom stereocenters. The SMILES string of the molecule is CCS(=O)(=O)c1ccc([C@@H](C)CO)cc1. The number of rotatable bonds is 4. The average molecular weight is 228 g/mol. The number of aliphatic hydroxyl groups is 1. The number of hydrogen-bond donors (Lipinski definition) is 1. The summed E-state index contributed by atoms with van der Waals surface area (Å²) in [5, 5.41) is 8.95. The van der Waals surface area contributed by atoms with E-state index in [2.05, 4.69) is 0 Å². The van der Waals surface area contributed by atoms with Gasteiger partial charge in [-0.2, -0.15) is 0 Å². The Morgan fingerprint density at radius 1 is 1.27 bits per heavy atom. The summed E-state index contributed by atoms with van der Waals surface area (Å²) in [6, 6.07) is 6.70. The highest BCUT2D eigenvalue weighted by Gasteiger charge is 2.11. The van der Waals surface area contributed by atoms with Crippen molar-refractivity contribution in [2.45, 2.75) is 24.7 Å². The quantitative estimate of drug-likeness (QED) is 0.851. The van der Waals surface area contributed by atoms with Gasteiger partial charge in [0.15, 0.2) is 9.84 Å². The molecule has 0 heterocycles. The molecule has 84 valence electrons. The summed E-state index contributed by atoms with van der Waals surface area (Å²) in [6.07, 6.45) is 0. The lowest BCUT2D eigenvalue weighted by molar-refractivity contribution is 0.273. The summed E-state index contributed by atoms with van der Waals surface area (Å²) >= 11 is 0. The van der Waals surface area contributed by atoms with E-state index >= 15 is 0 Å². The van der Waals surface area contributed by atoms with Crippen LogP contribution in [0.15, 0.2) is 29.2 Å². The normalized spacial score (nSPS) is 13.8. The second kappa shape index (κ2) is 4.77. The van der Waals surface area contributed by atoms with Gasteiger partial charge < -0.3 is 5.11 Å². The minimum Gasteiger partial charge on any atom is -0.396 e. The first-order chi connectivity index (χ1) is 7.01. The van der Waals surface area contributed by atoms with Crippen LogP contribution in [0.2, 0.25) is 0 Å². The summed E-state index contributed by atoms with van der Waals surface area (Å²) in [4.78, 5) is 0.346. The van der Waals surface area contributed by atoms with Crippen LogP contribution in [0.4, 0.5) is 0 Å². The van der Waals surface area contributed by atoms with Gasteiger partial charge in [-0.15, -0.1) is 0 Å². The molecule has 3 nitrogen and oxygen atoms in total. The van der Waals surface area contributed by atoms with Crippen molar-refractivity contribution in [3.63, 3.8) is 0 Å². The molecule has 0 amide bonds. The molecule has 4 heteroatoms. The van der Waals surface area contributed by atoms with Gasteiger partial charge in [-0.05, 0) is 17.7 Å². The van der Waals surface area contributed by atoms with E-state index in [0.717, 1.165) is 5.56 Å². The van der Waals surface area contributed by atoms with Crippen molar-refractivity contribution in [3.05, 3.63) is 29.8 Å². The third kappa shape index (κ3) is 2.79. The second-order valence-corrected chi connectivity index (χ2v) is 5.83. The van der Waals surface area contributed by atoms with Crippen molar-refractivity contribution in [3.8, 4) is 0 Å². The summed E-state index contributed by atoms with van der Waals surface area (Å²) in [7, 11) is -3.11. The Hall–Kier alpha value is -0.870. The molecule has 0 radical (unpaired) electrons. The topological polar surface area (TPSA) is 54.4 Å². The molecule has 0 spiro atoms. The third-order valence-electron chi connectivity index (χ3n) is 2.46. The molecule has 0 saturated heterocycles. The van der Waals surface area contributed by atoms with Crippen molar-refractivity contribution in [2.24, 2.45) is 0 Å². The zero-order valence-electron chi connectivity index (χ0n) is 8.97. The van der Waals surface area contributed by atoms with Crippen molar-refractivity contribution >= 4 is 9.84 Å². The molecular weight excluding hydrogens is 212 g/mol. The molecule has 1 aromatic rings. The van der Waals surface area contributed by atoms with Crippen LogP contribution < -0.4 is 0 Å². The van der Waals surface area contributed by atoms with E-state index in [4.69, 9.17) is 5.11 Å². The highest BCUT2D eigenvalue weighted by atomic mass is 32.2. The first-order valence-electron chi connectivity index (χ1n) is 4.95. The predicted molar refractivity (Wildman–Crippen MR) is 59.7 cm³/mol. The van der Waals surface area contributed by atoms with Gasteiger partial charge in [0.2, 0.25) is 0 Å². The molecule has 0 saturated carbocycles. The van der Waals surface area contributed by atoms with Gasteiger partial charge in [0.25, 0.3) is 0 Å². The van der Waals surface area contributed by atoms with E-state index in [1.54, 1.807) is 31.2 Å². The number of benzene rings is 1. The fraction of sp³-hybridized carbons (Fsp3) is 0.455. The van der Waals surface area contributed by atoms with Gasteiger partial charge in [-0.3, -0.25) is 0 Å². The van der Waals surface area contributed by atoms with E-state index in [9.17, 15) is 8.42 Å².